The average Bonchev–Trinajstić information content (AvgIpc) is 3.23. The number of nitrogens with zero attached hydrogens (tertiary/aromatic N) is 3. The minimum atomic E-state index is -0.484. The molecule has 0 atom stereocenters. The molecule has 0 saturated heterocycles. The molecule has 4 aromatic rings. The summed E-state index contributed by atoms with van der Waals surface area (Å²) in [5.74, 6) is 0.345. The zero-order chi connectivity index (χ0) is 22.0. The molecule has 2 aromatic carbocycles. The second kappa shape index (κ2) is 8.52. The number of methoxy groups -OCH3 is 2. The van der Waals surface area contributed by atoms with E-state index in [4.69, 9.17) is 9.47 Å². The third kappa shape index (κ3) is 4.24. The Morgan fingerprint density at radius 1 is 1.19 bits per heavy atom. The minimum Gasteiger partial charge on any atom is -0.497 e. The van der Waals surface area contributed by atoms with Crippen LogP contribution in [0.4, 0.5) is 9.52 Å². The molecule has 1 amide bonds. The Kier molecular flexibility index (Phi) is 5.63. The van der Waals surface area contributed by atoms with Crippen LogP contribution < -0.4 is 20.3 Å². The minimum absolute atomic E-state index is 0.235. The summed E-state index contributed by atoms with van der Waals surface area (Å²) < 4.78 is 25.1. The Labute approximate surface area is 179 Å². The van der Waals surface area contributed by atoms with Crippen LogP contribution >= 0.6 is 11.3 Å². The number of ether oxygens (including phenoxy) is 2. The summed E-state index contributed by atoms with van der Waals surface area (Å²) in [4.78, 5) is 33.5. The van der Waals surface area contributed by atoms with Gasteiger partial charge in [-0.05, 0) is 30.3 Å². The number of thiazole rings is 1. The van der Waals surface area contributed by atoms with Gasteiger partial charge in [0.2, 0.25) is 5.91 Å². The van der Waals surface area contributed by atoms with E-state index in [1.165, 1.54) is 35.9 Å². The number of carbonyl (C=O) groups excluding carboxylic acids is 1. The normalized spacial score (nSPS) is 10.8. The maximum absolute atomic E-state index is 13.3. The molecule has 2 heterocycles. The highest BCUT2D eigenvalue weighted by molar-refractivity contribution is 7.14. The first-order chi connectivity index (χ1) is 15.0. The van der Waals surface area contributed by atoms with Crippen molar-refractivity contribution in [2.45, 2.75) is 6.54 Å². The zero-order valence-corrected chi connectivity index (χ0v) is 17.4. The van der Waals surface area contributed by atoms with Gasteiger partial charge in [-0.25, -0.2) is 14.4 Å². The molecule has 0 aliphatic heterocycles. The first-order valence-electron chi connectivity index (χ1n) is 9.11. The molecule has 1 N–H and O–H groups in total. The number of amides is 1. The van der Waals surface area contributed by atoms with E-state index >= 15 is 0 Å². The van der Waals surface area contributed by atoms with E-state index in [1.807, 2.05) is 0 Å². The van der Waals surface area contributed by atoms with Crippen LogP contribution in [0.3, 0.4) is 0 Å². The molecule has 31 heavy (non-hydrogen) atoms. The third-order valence-electron chi connectivity index (χ3n) is 4.53. The van der Waals surface area contributed by atoms with Gasteiger partial charge in [0.1, 0.15) is 23.9 Å². The lowest BCUT2D eigenvalue weighted by Gasteiger charge is -2.08. The SMILES string of the molecule is COc1ccc(OC)c(-c2csc(NC(=O)Cn3cnc4cc(F)ccc4c3=O)n2)c1. The van der Waals surface area contributed by atoms with Gasteiger partial charge in [-0.2, -0.15) is 0 Å². The molecular formula is C21H17FN4O4S. The van der Waals surface area contributed by atoms with E-state index in [0.717, 1.165) is 10.1 Å². The van der Waals surface area contributed by atoms with Crippen molar-refractivity contribution in [3.05, 3.63) is 64.3 Å². The summed E-state index contributed by atoms with van der Waals surface area (Å²) in [6.07, 6.45) is 1.22. The van der Waals surface area contributed by atoms with Gasteiger partial charge < -0.3 is 14.8 Å². The van der Waals surface area contributed by atoms with Gasteiger partial charge in [0.25, 0.3) is 5.56 Å². The van der Waals surface area contributed by atoms with Crippen molar-refractivity contribution < 1.29 is 18.7 Å². The summed E-state index contributed by atoms with van der Waals surface area (Å²) >= 11 is 1.24. The number of hydrogen-bond donors (Lipinski definition) is 1. The molecule has 0 aliphatic carbocycles. The first kappa shape index (κ1) is 20.5. The Bertz CT molecular complexity index is 1330. The van der Waals surface area contributed by atoms with Crippen molar-refractivity contribution in [3.63, 3.8) is 0 Å². The summed E-state index contributed by atoms with van der Waals surface area (Å²) in [5, 5.41) is 5.07. The molecule has 0 spiro atoms. The molecule has 0 fully saturated rings. The van der Waals surface area contributed by atoms with Gasteiger partial charge in [-0.1, -0.05) is 0 Å². The molecule has 0 radical (unpaired) electrons. The van der Waals surface area contributed by atoms with Crippen LogP contribution in [-0.2, 0) is 11.3 Å². The number of anilines is 1. The highest BCUT2D eigenvalue weighted by Gasteiger charge is 2.14. The van der Waals surface area contributed by atoms with E-state index in [2.05, 4.69) is 15.3 Å². The molecule has 4 rings (SSSR count). The van der Waals surface area contributed by atoms with E-state index in [1.54, 1.807) is 37.8 Å². The summed E-state index contributed by atoms with van der Waals surface area (Å²) in [7, 11) is 3.13. The maximum atomic E-state index is 13.3. The summed E-state index contributed by atoms with van der Waals surface area (Å²) in [6.45, 7) is -0.253. The van der Waals surface area contributed by atoms with E-state index in [-0.39, 0.29) is 17.4 Å². The van der Waals surface area contributed by atoms with Crippen LogP contribution in [0.2, 0.25) is 0 Å². The first-order valence-corrected chi connectivity index (χ1v) is 9.99. The Hall–Kier alpha value is -3.79. The lowest BCUT2D eigenvalue weighted by atomic mass is 10.1. The standard InChI is InChI=1S/C21H17FN4O4S/c1-29-13-4-6-18(30-2)15(8-13)17-10-31-21(24-17)25-19(27)9-26-11-23-16-7-12(22)3-5-14(16)20(26)28/h3-8,10-11H,9H2,1-2H3,(H,24,25,27). The van der Waals surface area contributed by atoms with Crippen LogP contribution in [0.5, 0.6) is 11.5 Å². The van der Waals surface area contributed by atoms with Gasteiger partial charge in [-0.3, -0.25) is 14.2 Å². The molecule has 8 nitrogen and oxygen atoms in total. The highest BCUT2D eigenvalue weighted by atomic mass is 32.1. The Morgan fingerprint density at radius 2 is 2.03 bits per heavy atom. The summed E-state index contributed by atoms with van der Waals surface area (Å²) in [5.41, 5.74) is 1.14. The number of hydrogen-bond acceptors (Lipinski definition) is 7. The number of rotatable bonds is 6. The fraction of sp³-hybridized carbons (Fsp3) is 0.143. The van der Waals surface area contributed by atoms with Crippen LogP contribution in [0.25, 0.3) is 22.2 Å². The number of carbonyl (C=O) groups is 1. The van der Waals surface area contributed by atoms with Gasteiger partial charge >= 0.3 is 0 Å². The number of fused-ring (bicyclic) bond motifs is 1. The molecule has 2 aromatic heterocycles. The lowest BCUT2D eigenvalue weighted by molar-refractivity contribution is -0.116. The van der Waals surface area contributed by atoms with Crippen molar-refractivity contribution in [2.75, 3.05) is 19.5 Å². The average molecular weight is 440 g/mol. The third-order valence-corrected chi connectivity index (χ3v) is 5.29. The van der Waals surface area contributed by atoms with Crippen molar-refractivity contribution >= 4 is 33.3 Å². The quantitative estimate of drug-likeness (QED) is 0.494. The Morgan fingerprint density at radius 3 is 2.81 bits per heavy atom. The van der Waals surface area contributed by atoms with Crippen LogP contribution in [0.1, 0.15) is 0 Å². The van der Waals surface area contributed by atoms with Crippen molar-refractivity contribution in [2.24, 2.45) is 0 Å². The molecule has 0 unspecified atom stereocenters. The predicted octanol–water partition coefficient (Wildman–Crippen LogP) is 3.32. The highest BCUT2D eigenvalue weighted by Crippen LogP contribution is 2.35. The lowest BCUT2D eigenvalue weighted by Crippen LogP contribution is -2.27. The number of benzene rings is 2. The summed E-state index contributed by atoms with van der Waals surface area (Å²) in [6, 6.07) is 9.05. The Balaban J connectivity index is 1.53. The van der Waals surface area contributed by atoms with Crippen LogP contribution in [0.15, 0.2) is 52.9 Å². The second-order valence-corrected chi connectivity index (χ2v) is 7.35. The van der Waals surface area contributed by atoms with E-state index in [9.17, 15) is 14.0 Å². The molecule has 10 heteroatoms. The van der Waals surface area contributed by atoms with Crippen molar-refractivity contribution in [3.8, 4) is 22.8 Å². The maximum Gasteiger partial charge on any atom is 0.261 e. The topological polar surface area (TPSA) is 95.3 Å². The molecule has 0 bridgehead atoms. The van der Waals surface area contributed by atoms with Gasteiger partial charge in [0, 0.05) is 17.0 Å². The smallest absolute Gasteiger partial charge is 0.261 e. The van der Waals surface area contributed by atoms with Gasteiger partial charge in [0.05, 0.1) is 37.1 Å². The predicted molar refractivity (Wildman–Crippen MR) is 115 cm³/mol. The molecular weight excluding hydrogens is 423 g/mol. The fourth-order valence-electron chi connectivity index (χ4n) is 3.03. The van der Waals surface area contributed by atoms with Crippen LogP contribution in [0, 0.1) is 5.82 Å². The van der Waals surface area contributed by atoms with E-state index in [0.29, 0.717) is 22.3 Å². The number of halogens is 1. The fourth-order valence-corrected chi connectivity index (χ4v) is 3.75. The zero-order valence-electron chi connectivity index (χ0n) is 16.6. The molecule has 0 aliphatic rings. The number of nitrogens with one attached hydrogen (secondary N) is 1. The molecule has 158 valence electrons. The molecule has 0 saturated carbocycles. The van der Waals surface area contributed by atoms with Crippen molar-refractivity contribution in [1.82, 2.24) is 14.5 Å². The van der Waals surface area contributed by atoms with Gasteiger partial charge in [-0.15, -0.1) is 11.3 Å². The number of aromatic nitrogens is 3. The van der Waals surface area contributed by atoms with Gasteiger partial charge in [0.15, 0.2) is 5.13 Å². The largest absolute Gasteiger partial charge is 0.497 e. The monoisotopic (exact) mass is 440 g/mol. The van der Waals surface area contributed by atoms with Crippen LogP contribution in [-0.4, -0.2) is 34.7 Å². The van der Waals surface area contributed by atoms with E-state index < -0.39 is 17.3 Å². The second-order valence-electron chi connectivity index (χ2n) is 6.49. The van der Waals surface area contributed by atoms with Crippen molar-refractivity contribution in [1.29, 1.82) is 0 Å².